The molecular formula is C16H22N2O3. The van der Waals surface area contributed by atoms with Crippen molar-refractivity contribution in [3.8, 4) is 0 Å². The Morgan fingerprint density at radius 1 is 1.33 bits per heavy atom. The quantitative estimate of drug-likeness (QED) is 0.826. The first-order valence-electron chi connectivity index (χ1n) is 7.70. The number of amides is 1. The van der Waals surface area contributed by atoms with E-state index in [1.54, 1.807) is 12.4 Å². The van der Waals surface area contributed by atoms with Crippen LogP contribution in [0.4, 0.5) is 0 Å². The molecule has 5 nitrogen and oxygen atoms in total. The van der Waals surface area contributed by atoms with Crippen molar-refractivity contribution in [2.75, 3.05) is 32.9 Å². The highest BCUT2D eigenvalue weighted by atomic mass is 16.5. The minimum atomic E-state index is 0.0797. The summed E-state index contributed by atoms with van der Waals surface area (Å²) in [5.74, 6) is 0.523. The van der Waals surface area contributed by atoms with Gasteiger partial charge in [-0.05, 0) is 37.0 Å². The zero-order valence-electron chi connectivity index (χ0n) is 12.2. The number of rotatable bonds is 5. The second-order valence-corrected chi connectivity index (χ2v) is 5.78. The molecule has 2 aliphatic rings. The van der Waals surface area contributed by atoms with Crippen molar-refractivity contribution in [2.24, 2.45) is 0 Å². The number of carbonyl (C=O) groups is 1. The molecule has 1 aromatic rings. The molecule has 2 aliphatic heterocycles. The number of ether oxygens (including phenoxy) is 2. The highest BCUT2D eigenvalue weighted by Crippen LogP contribution is 2.26. The molecule has 0 radical (unpaired) electrons. The predicted octanol–water partition coefficient (Wildman–Crippen LogP) is 1.59. The van der Waals surface area contributed by atoms with Gasteiger partial charge in [-0.2, -0.15) is 0 Å². The molecule has 114 valence electrons. The predicted molar refractivity (Wildman–Crippen MR) is 78.0 cm³/mol. The van der Waals surface area contributed by atoms with E-state index in [9.17, 15) is 4.79 Å². The van der Waals surface area contributed by atoms with Crippen LogP contribution >= 0.6 is 0 Å². The van der Waals surface area contributed by atoms with Gasteiger partial charge in [0.15, 0.2) is 0 Å². The summed E-state index contributed by atoms with van der Waals surface area (Å²) >= 11 is 0. The van der Waals surface area contributed by atoms with Crippen molar-refractivity contribution in [1.29, 1.82) is 0 Å². The molecule has 0 saturated carbocycles. The average Bonchev–Trinajstić information content (AvgIpc) is 2.48. The normalized spacial score (nSPS) is 22.9. The summed E-state index contributed by atoms with van der Waals surface area (Å²) < 4.78 is 11.1. The van der Waals surface area contributed by atoms with Crippen LogP contribution in [0, 0.1) is 0 Å². The van der Waals surface area contributed by atoms with Crippen molar-refractivity contribution in [1.82, 2.24) is 9.88 Å². The molecule has 0 aliphatic carbocycles. The van der Waals surface area contributed by atoms with Crippen LogP contribution in [0.15, 0.2) is 24.5 Å². The molecule has 0 N–H and O–H groups in total. The topological polar surface area (TPSA) is 51.7 Å². The lowest BCUT2D eigenvalue weighted by Gasteiger charge is -2.39. The maximum Gasteiger partial charge on any atom is 0.248 e. The van der Waals surface area contributed by atoms with Crippen LogP contribution in [0.2, 0.25) is 0 Å². The highest BCUT2D eigenvalue weighted by molar-refractivity contribution is 5.78. The Morgan fingerprint density at radius 3 is 2.86 bits per heavy atom. The molecule has 21 heavy (non-hydrogen) atoms. The number of aromatic nitrogens is 1. The van der Waals surface area contributed by atoms with E-state index < -0.39 is 0 Å². The van der Waals surface area contributed by atoms with Crippen LogP contribution in [-0.2, 0) is 14.3 Å². The molecule has 1 amide bonds. The number of likely N-dealkylation sites (tertiary alicyclic amines) is 1. The Bertz CT molecular complexity index is 454. The Labute approximate surface area is 125 Å². The smallest absolute Gasteiger partial charge is 0.248 e. The van der Waals surface area contributed by atoms with Crippen LogP contribution in [0.5, 0.6) is 0 Å². The van der Waals surface area contributed by atoms with E-state index in [1.807, 2.05) is 17.0 Å². The highest BCUT2D eigenvalue weighted by Gasteiger charge is 2.31. The second kappa shape index (κ2) is 7.00. The van der Waals surface area contributed by atoms with Gasteiger partial charge in [0.05, 0.1) is 12.7 Å². The summed E-state index contributed by atoms with van der Waals surface area (Å²) in [4.78, 5) is 17.9. The van der Waals surface area contributed by atoms with Crippen molar-refractivity contribution >= 4 is 5.91 Å². The van der Waals surface area contributed by atoms with Crippen LogP contribution in [-0.4, -0.2) is 54.8 Å². The minimum Gasteiger partial charge on any atom is -0.376 e. The molecule has 2 fully saturated rings. The van der Waals surface area contributed by atoms with E-state index >= 15 is 0 Å². The Morgan fingerprint density at radius 2 is 2.14 bits per heavy atom. The number of nitrogens with zero attached hydrogens (tertiary/aromatic N) is 2. The van der Waals surface area contributed by atoms with Gasteiger partial charge >= 0.3 is 0 Å². The van der Waals surface area contributed by atoms with Gasteiger partial charge in [-0.3, -0.25) is 9.78 Å². The molecule has 3 rings (SSSR count). The van der Waals surface area contributed by atoms with Crippen LogP contribution in [0.1, 0.15) is 30.7 Å². The van der Waals surface area contributed by atoms with Gasteiger partial charge in [-0.1, -0.05) is 0 Å². The first-order valence-corrected chi connectivity index (χ1v) is 7.70. The number of hydrogen-bond acceptors (Lipinski definition) is 4. The fourth-order valence-corrected chi connectivity index (χ4v) is 2.84. The first kappa shape index (κ1) is 14.5. The van der Waals surface area contributed by atoms with Gasteiger partial charge in [-0.25, -0.2) is 0 Å². The standard InChI is InChI=1S/C16H22N2O3/c19-16(12-20-11-15-3-1-2-8-21-15)18-9-14(10-18)13-4-6-17-7-5-13/h4-7,14-15H,1-3,8-12H2/t15-/m0/s1. The summed E-state index contributed by atoms with van der Waals surface area (Å²) in [6.45, 7) is 3.09. The van der Waals surface area contributed by atoms with Crippen LogP contribution < -0.4 is 0 Å². The lowest BCUT2D eigenvalue weighted by Crippen LogP contribution is -2.50. The van der Waals surface area contributed by atoms with E-state index in [1.165, 1.54) is 12.0 Å². The summed E-state index contributed by atoms with van der Waals surface area (Å²) in [5.41, 5.74) is 1.26. The minimum absolute atomic E-state index is 0.0797. The number of hydrogen-bond donors (Lipinski definition) is 0. The van der Waals surface area contributed by atoms with Gasteiger partial charge in [0.1, 0.15) is 6.61 Å². The zero-order valence-corrected chi connectivity index (χ0v) is 12.2. The fraction of sp³-hybridized carbons (Fsp3) is 0.625. The fourth-order valence-electron chi connectivity index (χ4n) is 2.84. The van der Waals surface area contributed by atoms with Crippen molar-refractivity contribution in [3.05, 3.63) is 30.1 Å². The molecule has 0 bridgehead atoms. The molecule has 0 spiro atoms. The first-order chi connectivity index (χ1) is 10.3. The molecule has 0 aromatic carbocycles. The number of pyridine rings is 1. The van der Waals surface area contributed by atoms with Crippen LogP contribution in [0.3, 0.4) is 0 Å². The third-order valence-electron chi connectivity index (χ3n) is 4.22. The Kier molecular flexibility index (Phi) is 4.83. The van der Waals surface area contributed by atoms with Gasteiger partial charge < -0.3 is 14.4 Å². The van der Waals surface area contributed by atoms with Crippen molar-refractivity contribution < 1.29 is 14.3 Å². The van der Waals surface area contributed by atoms with Crippen molar-refractivity contribution in [3.63, 3.8) is 0 Å². The summed E-state index contributed by atoms with van der Waals surface area (Å²) in [6.07, 6.45) is 7.15. The van der Waals surface area contributed by atoms with Crippen molar-refractivity contribution in [2.45, 2.75) is 31.3 Å². The average molecular weight is 290 g/mol. The largest absolute Gasteiger partial charge is 0.376 e. The van der Waals surface area contributed by atoms with Gasteiger partial charge in [0.2, 0.25) is 5.91 Å². The van der Waals surface area contributed by atoms with E-state index in [2.05, 4.69) is 4.98 Å². The van der Waals surface area contributed by atoms with E-state index in [4.69, 9.17) is 9.47 Å². The van der Waals surface area contributed by atoms with Gasteiger partial charge in [0, 0.05) is 38.0 Å². The molecule has 3 heterocycles. The summed E-state index contributed by atoms with van der Waals surface area (Å²) in [6, 6.07) is 4.03. The maximum atomic E-state index is 12.0. The zero-order chi connectivity index (χ0) is 14.5. The van der Waals surface area contributed by atoms with E-state index in [0.717, 1.165) is 32.5 Å². The van der Waals surface area contributed by atoms with E-state index in [0.29, 0.717) is 12.5 Å². The number of carbonyl (C=O) groups excluding carboxylic acids is 1. The van der Waals surface area contributed by atoms with Crippen LogP contribution in [0.25, 0.3) is 0 Å². The lowest BCUT2D eigenvalue weighted by atomic mass is 9.92. The molecule has 1 atom stereocenters. The molecule has 2 saturated heterocycles. The van der Waals surface area contributed by atoms with E-state index in [-0.39, 0.29) is 18.6 Å². The van der Waals surface area contributed by atoms with Gasteiger partial charge in [0.25, 0.3) is 0 Å². The third kappa shape index (κ3) is 3.80. The third-order valence-corrected chi connectivity index (χ3v) is 4.22. The van der Waals surface area contributed by atoms with Gasteiger partial charge in [-0.15, -0.1) is 0 Å². The monoisotopic (exact) mass is 290 g/mol. The molecule has 5 heteroatoms. The Balaban J connectivity index is 1.34. The molecule has 0 unspecified atom stereocenters. The molecule has 1 aromatic heterocycles. The molecular weight excluding hydrogens is 268 g/mol. The summed E-state index contributed by atoms with van der Waals surface area (Å²) in [7, 11) is 0. The maximum absolute atomic E-state index is 12.0. The lowest BCUT2D eigenvalue weighted by molar-refractivity contribution is -0.142. The summed E-state index contributed by atoms with van der Waals surface area (Å²) in [5, 5.41) is 0. The second-order valence-electron chi connectivity index (χ2n) is 5.78. The Hall–Kier alpha value is -1.46. The SMILES string of the molecule is O=C(COC[C@@H]1CCCCO1)N1CC(c2ccncc2)C1.